The number of nitrogens with zero attached hydrogens (tertiary/aromatic N) is 3. The van der Waals surface area contributed by atoms with E-state index in [1.54, 1.807) is 0 Å². The number of rotatable bonds is 6. The van der Waals surface area contributed by atoms with Crippen LogP contribution in [-0.2, 0) is 11.4 Å². The van der Waals surface area contributed by atoms with Gasteiger partial charge in [-0.1, -0.05) is 53.2 Å². The average Bonchev–Trinajstić information content (AvgIpc) is 3.12. The molecule has 3 aliphatic heterocycles. The van der Waals surface area contributed by atoms with Gasteiger partial charge in [0, 0.05) is 38.3 Å². The van der Waals surface area contributed by atoms with Crippen LogP contribution in [0.3, 0.4) is 0 Å². The predicted molar refractivity (Wildman–Crippen MR) is 132 cm³/mol. The van der Waals surface area contributed by atoms with Crippen molar-refractivity contribution in [2.75, 3.05) is 45.9 Å². The molecule has 2 aromatic rings. The van der Waals surface area contributed by atoms with E-state index in [0.717, 1.165) is 61.9 Å². The maximum absolute atomic E-state index is 6.08. The van der Waals surface area contributed by atoms with Gasteiger partial charge in [-0.15, -0.1) is 0 Å². The second-order valence-corrected chi connectivity index (χ2v) is 9.40. The summed E-state index contributed by atoms with van der Waals surface area (Å²) >= 11 is 0. The van der Waals surface area contributed by atoms with Crippen LogP contribution in [0.5, 0.6) is 5.75 Å². The number of ether oxygens (including phenoxy) is 1. The SMILES string of the molecule is C/C(=C\c1ccccc1)CN1CCCN(CC2ON=C3c4ccc(CN)cc4OCC32)CC1. The zero-order valence-electron chi connectivity index (χ0n) is 19.5. The van der Waals surface area contributed by atoms with Gasteiger partial charge in [0.15, 0.2) is 6.10 Å². The van der Waals surface area contributed by atoms with Crippen LogP contribution in [0.2, 0.25) is 0 Å². The Labute approximate surface area is 196 Å². The number of hydrogen-bond acceptors (Lipinski definition) is 6. The Kier molecular flexibility index (Phi) is 6.76. The van der Waals surface area contributed by atoms with Gasteiger partial charge in [0.1, 0.15) is 18.1 Å². The van der Waals surface area contributed by atoms with Gasteiger partial charge in [-0.2, -0.15) is 0 Å². The molecule has 2 unspecified atom stereocenters. The van der Waals surface area contributed by atoms with Crippen molar-refractivity contribution < 1.29 is 9.57 Å². The van der Waals surface area contributed by atoms with Crippen LogP contribution < -0.4 is 10.5 Å². The lowest BCUT2D eigenvalue weighted by Gasteiger charge is -2.29. The van der Waals surface area contributed by atoms with Crippen molar-refractivity contribution >= 4 is 11.8 Å². The molecule has 1 saturated heterocycles. The first-order valence-electron chi connectivity index (χ1n) is 12.1. The predicted octanol–water partition coefficient (Wildman–Crippen LogP) is 3.37. The van der Waals surface area contributed by atoms with Crippen LogP contribution in [0.15, 0.2) is 59.3 Å². The van der Waals surface area contributed by atoms with Crippen LogP contribution in [0.4, 0.5) is 0 Å². The zero-order chi connectivity index (χ0) is 22.6. The number of nitrogens with two attached hydrogens (primary N) is 1. The van der Waals surface area contributed by atoms with Crippen molar-refractivity contribution in [2.24, 2.45) is 16.8 Å². The van der Waals surface area contributed by atoms with Crippen molar-refractivity contribution in [3.05, 3.63) is 70.8 Å². The Bertz CT molecular complexity index is 1020. The minimum absolute atomic E-state index is 0.0496. The minimum Gasteiger partial charge on any atom is -0.492 e. The standard InChI is InChI=1S/C27H34N4O2/c1-20(14-21-6-3-2-4-7-21)17-30-10-5-11-31(13-12-30)18-26-24-19-32-25-15-22(16-28)8-9-23(25)27(24)29-33-26/h2-4,6-9,14-15,24,26H,5,10-13,16-19,28H2,1H3/b20-14+. The van der Waals surface area contributed by atoms with E-state index in [1.165, 1.54) is 17.6 Å². The number of hydrogen-bond donors (Lipinski definition) is 1. The molecule has 174 valence electrons. The Balaban J connectivity index is 1.15. The lowest BCUT2D eigenvalue weighted by molar-refractivity contribution is 0.0223. The number of benzene rings is 2. The highest BCUT2D eigenvalue weighted by Crippen LogP contribution is 2.34. The summed E-state index contributed by atoms with van der Waals surface area (Å²) in [7, 11) is 0. The number of fused-ring (bicyclic) bond motifs is 3. The quantitative estimate of drug-likeness (QED) is 0.737. The lowest BCUT2D eigenvalue weighted by atomic mass is 9.89. The van der Waals surface area contributed by atoms with Crippen LogP contribution >= 0.6 is 0 Å². The van der Waals surface area contributed by atoms with Gasteiger partial charge in [-0.25, -0.2) is 0 Å². The maximum atomic E-state index is 6.08. The second-order valence-electron chi connectivity index (χ2n) is 9.40. The number of oxime groups is 1. The third-order valence-electron chi connectivity index (χ3n) is 6.87. The molecule has 0 aromatic heterocycles. The van der Waals surface area contributed by atoms with E-state index < -0.39 is 0 Å². The van der Waals surface area contributed by atoms with Crippen LogP contribution in [0.25, 0.3) is 6.08 Å². The van der Waals surface area contributed by atoms with Gasteiger partial charge >= 0.3 is 0 Å². The molecule has 5 rings (SSSR count). The van der Waals surface area contributed by atoms with Crippen molar-refractivity contribution in [3.63, 3.8) is 0 Å². The largest absolute Gasteiger partial charge is 0.492 e. The average molecular weight is 447 g/mol. The molecule has 2 aromatic carbocycles. The third-order valence-corrected chi connectivity index (χ3v) is 6.87. The van der Waals surface area contributed by atoms with Crippen molar-refractivity contribution in [2.45, 2.75) is 26.0 Å². The smallest absolute Gasteiger partial charge is 0.151 e. The van der Waals surface area contributed by atoms with E-state index in [2.05, 4.69) is 70.4 Å². The summed E-state index contributed by atoms with van der Waals surface area (Å²) in [4.78, 5) is 11.0. The molecule has 33 heavy (non-hydrogen) atoms. The molecule has 6 heteroatoms. The van der Waals surface area contributed by atoms with Crippen LogP contribution in [-0.4, -0.2) is 67.5 Å². The van der Waals surface area contributed by atoms with Gasteiger partial charge in [-0.05, 0) is 49.7 Å². The van der Waals surface area contributed by atoms with Gasteiger partial charge in [0.2, 0.25) is 0 Å². The molecule has 0 spiro atoms. The normalized spacial score (nSPS) is 23.7. The summed E-state index contributed by atoms with van der Waals surface area (Å²) in [5, 5.41) is 4.48. The van der Waals surface area contributed by atoms with Gasteiger partial charge in [-0.3, -0.25) is 9.80 Å². The lowest BCUT2D eigenvalue weighted by Crippen LogP contribution is -2.42. The van der Waals surface area contributed by atoms with Crippen LogP contribution in [0, 0.1) is 5.92 Å². The molecule has 0 radical (unpaired) electrons. The molecule has 2 atom stereocenters. The second kappa shape index (κ2) is 10.1. The van der Waals surface area contributed by atoms with E-state index >= 15 is 0 Å². The Morgan fingerprint density at radius 1 is 1.09 bits per heavy atom. The monoisotopic (exact) mass is 446 g/mol. The molecule has 0 bridgehead atoms. The molecule has 0 saturated carbocycles. The molecule has 3 heterocycles. The maximum Gasteiger partial charge on any atom is 0.151 e. The van der Waals surface area contributed by atoms with Crippen LogP contribution in [0.1, 0.15) is 30.0 Å². The first-order chi connectivity index (χ1) is 16.2. The molecule has 0 aliphatic carbocycles. The fraction of sp³-hybridized carbons (Fsp3) is 0.444. The molecule has 3 aliphatic rings. The summed E-state index contributed by atoms with van der Waals surface area (Å²) in [6, 6.07) is 16.7. The Morgan fingerprint density at radius 3 is 2.76 bits per heavy atom. The summed E-state index contributed by atoms with van der Waals surface area (Å²) in [5.74, 6) is 1.07. The highest BCUT2D eigenvalue weighted by atomic mass is 16.6. The highest BCUT2D eigenvalue weighted by molar-refractivity contribution is 6.06. The minimum atomic E-state index is 0.0496. The first kappa shape index (κ1) is 22.1. The van der Waals surface area contributed by atoms with Gasteiger partial charge in [0.05, 0.1) is 5.92 Å². The van der Waals surface area contributed by atoms with Crippen molar-refractivity contribution in [1.29, 1.82) is 0 Å². The molecule has 6 nitrogen and oxygen atoms in total. The van der Waals surface area contributed by atoms with Gasteiger partial charge < -0.3 is 15.3 Å². The zero-order valence-corrected chi connectivity index (χ0v) is 19.5. The fourth-order valence-electron chi connectivity index (χ4n) is 5.09. The summed E-state index contributed by atoms with van der Waals surface area (Å²) in [6.07, 6.45) is 3.52. The molecular formula is C27H34N4O2. The molecular weight excluding hydrogens is 412 g/mol. The summed E-state index contributed by atoms with van der Waals surface area (Å²) < 4.78 is 6.08. The van der Waals surface area contributed by atoms with E-state index in [-0.39, 0.29) is 12.0 Å². The highest BCUT2D eigenvalue weighted by Gasteiger charge is 2.40. The Morgan fingerprint density at radius 2 is 1.91 bits per heavy atom. The van der Waals surface area contributed by atoms with E-state index in [9.17, 15) is 0 Å². The summed E-state index contributed by atoms with van der Waals surface area (Å²) in [5.41, 5.74) is 11.6. The van der Waals surface area contributed by atoms with Gasteiger partial charge in [0.25, 0.3) is 0 Å². The third kappa shape index (κ3) is 5.13. The summed E-state index contributed by atoms with van der Waals surface area (Å²) in [6.45, 7) is 9.64. The Hall–Kier alpha value is -2.67. The molecule has 2 N–H and O–H groups in total. The molecule has 0 amide bonds. The van der Waals surface area contributed by atoms with E-state index in [1.807, 2.05) is 6.07 Å². The van der Waals surface area contributed by atoms with Crippen molar-refractivity contribution in [1.82, 2.24) is 9.80 Å². The van der Waals surface area contributed by atoms with E-state index in [4.69, 9.17) is 15.3 Å². The molecule has 1 fully saturated rings. The topological polar surface area (TPSA) is 63.3 Å². The van der Waals surface area contributed by atoms with E-state index in [0.29, 0.717) is 13.2 Å². The fourth-order valence-corrected chi connectivity index (χ4v) is 5.09. The first-order valence-corrected chi connectivity index (χ1v) is 12.1. The van der Waals surface area contributed by atoms with Crippen molar-refractivity contribution in [3.8, 4) is 5.75 Å².